The first-order valence-electron chi connectivity index (χ1n) is 5.45. The number of nitrogens with two attached hydrogens (primary N) is 1. The largest absolute Gasteiger partial charge is 0.493 e. The van der Waals surface area contributed by atoms with E-state index in [-0.39, 0.29) is 5.57 Å². The topological polar surface area (TPSA) is 85.3 Å². The highest BCUT2D eigenvalue weighted by molar-refractivity contribution is 14.1. The number of amides is 1. The van der Waals surface area contributed by atoms with Crippen molar-refractivity contribution in [2.75, 3.05) is 13.7 Å². The molecule has 0 saturated heterocycles. The molecule has 100 valence electrons. The second-order valence-electron chi connectivity index (χ2n) is 3.50. The lowest BCUT2D eigenvalue weighted by Gasteiger charge is -2.12. The molecule has 0 aromatic heterocycles. The maximum absolute atomic E-state index is 11.0. The fourth-order valence-corrected chi connectivity index (χ4v) is 2.21. The average molecular weight is 372 g/mol. The third kappa shape index (κ3) is 3.86. The van der Waals surface area contributed by atoms with Crippen molar-refractivity contribution in [3.05, 3.63) is 26.8 Å². The van der Waals surface area contributed by atoms with Crippen LogP contribution in [0.4, 0.5) is 0 Å². The first-order chi connectivity index (χ1) is 9.03. The van der Waals surface area contributed by atoms with Crippen molar-refractivity contribution in [1.29, 1.82) is 5.26 Å². The molecule has 5 nitrogen and oxygen atoms in total. The number of primary amides is 1. The second kappa shape index (κ2) is 6.99. The van der Waals surface area contributed by atoms with Crippen molar-refractivity contribution in [3.8, 4) is 17.6 Å². The number of carbonyl (C=O) groups excluding carboxylic acids is 1. The van der Waals surface area contributed by atoms with Crippen LogP contribution in [0, 0.1) is 14.9 Å². The third-order valence-electron chi connectivity index (χ3n) is 2.24. The smallest absolute Gasteiger partial charge is 0.259 e. The quantitative estimate of drug-likeness (QED) is 0.487. The summed E-state index contributed by atoms with van der Waals surface area (Å²) in [5, 5.41) is 8.82. The number of rotatable bonds is 5. The number of methoxy groups -OCH3 is 1. The Bertz CT molecular complexity index is 562. The number of nitriles is 1. The molecule has 0 fully saturated rings. The standard InChI is InChI=1S/C13H13IN2O3/c1-3-19-12-10(14)5-8(6-11(12)18-2)4-9(7-15)13(16)17/h4-6H,3H2,1-2H3,(H2,16,17)/b9-4+. The molecule has 0 spiro atoms. The van der Waals surface area contributed by atoms with E-state index in [1.807, 2.05) is 6.92 Å². The van der Waals surface area contributed by atoms with Crippen LogP contribution in [0.15, 0.2) is 17.7 Å². The van der Waals surface area contributed by atoms with E-state index in [9.17, 15) is 4.79 Å². The molecule has 0 bridgehead atoms. The lowest BCUT2D eigenvalue weighted by atomic mass is 10.1. The lowest BCUT2D eigenvalue weighted by molar-refractivity contribution is -0.114. The predicted octanol–water partition coefficient (Wildman–Crippen LogP) is 2.09. The van der Waals surface area contributed by atoms with Gasteiger partial charge in [-0.15, -0.1) is 0 Å². The van der Waals surface area contributed by atoms with Crippen LogP contribution in [0.1, 0.15) is 12.5 Å². The van der Waals surface area contributed by atoms with Gasteiger partial charge in [0.1, 0.15) is 11.6 Å². The van der Waals surface area contributed by atoms with Gasteiger partial charge in [0.2, 0.25) is 0 Å². The van der Waals surface area contributed by atoms with Crippen LogP contribution in [0.3, 0.4) is 0 Å². The molecular weight excluding hydrogens is 359 g/mol. The van der Waals surface area contributed by atoms with Gasteiger partial charge < -0.3 is 15.2 Å². The molecule has 1 rings (SSSR count). The highest BCUT2D eigenvalue weighted by Gasteiger charge is 2.11. The zero-order valence-corrected chi connectivity index (χ0v) is 12.7. The number of hydrogen-bond acceptors (Lipinski definition) is 4. The van der Waals surface area contributed by atoms with Gasteiger partial charge in [-0.05, 0) is 53.3 Å². The van der Waals surface area contributed by atoms with Gasteiger partial charge in [0.15, 0.2) is 11.5 Å². The molecule has 0 aliphatic carbocycles. The molecule has 0 atom stereocenters. The van der Waals surface area contributed by atoms with Crippen LogP contribution in [0.25, 0.3) is 6.08 Å². The molecule has 0 saturated carbocycles. The Kier molecular flexibility index (Phi) is 5.63. The van der Waals surface area contributed by atoms with Crippen molar-refractivity contribution in [2.24, 2.45) is 5.73 Å². The Morgan fingerprint density at radius 2 is 2.26 bits per heavy atom. The second-order valence-corrected chi connectivity index (χ2v) is 4.66. The molecule has 1 aromatic rings. The summed E-state index contributed by atoms with van der Waals surface area (Å²) >= 11 is 2.10. The first kappa shape index (κ1) is 15.3. The van der Waals surface area contributed by atoms with Crippen molar-refractivity contribution in [1.82, 2.24) is 0 Å². The van der Waals surface area contributed by atoms with E-state index in [1.54, 1.807) is 18.2 Å². The Labute approximate surface area is 125 Å². The summed E-state index contributed by atoms with van der Waals surface area (Å²) in [6, 6.07) is 5.23. The summed E-state index contributed by atoms with van der Waals surface area (Å²) < 4.78 is 11.5. The van der Waals surface area contributed by atoms with Crippen LogP contribution < -0.4 is 15.2 Å². The Balaban J connectivity index is 3.30. The van der Waals surface area contributed by atoms with Crippen molar-refractivity contribution < 1.29 is 14.3 Å². The van der Waals surface area contributed by atoms with Gasteiger partial charge in [-0.1, -0.05) is 0 Å². The normalized spacial score (nSPS) is 10.7. The molecule has 0 unspecified atom stereocenters. The van der Waals surface area contributed by atoms with Gasteiger partial charge in [0.25, 0.3) is 5.91 Å². The van der Waals surface area contributed by atoms with Gasteiger partial charge in [-0.2, -0.15) is 5.26 Å². The molecule has 0 aliphatic rings. The van der Waals surface area contributed by atoms with E-state index in [1.165, 1.54) is 13.2 Å². The van der Waals surface area contributed by atoms with Crippen molar-refractivity contribution >= 4 is 34.6 Å². The molecule has 2 N–H and O–H groups in total. The van der Waals surface area contributed by atoms with Crippen LogP contribution in [-0.2, 0) is 4.79 Å². The summed E-state index contributed by atoms with van der Waals surface area (Å²) in [5.74, 6) is 0.424. The Morgan fingerprint density at radius 1 is 1.58 bits per heavy atom. The van der Waals surface area contributed by atoms with Gasteiger partial charge >= 0.3 is 0 Å². The van der Waals surface area contributed by atoms with Gasteiger partial charge in [-0.25, -0.2) is 0 Å². The number of halogens is 1. The molecule has 0 heterocycles. The number of ether oxygens (including phenoxy) is 2. The van der Waals surface area contributed by atoms with Gasteiger partial charge in [0.05, 0.1) is 17.3 Å². The van der Waals surface area contributed by atoms with Gasteiger partial charge in [-0.3, -0.25) is 4.79 Å². The first-order valence-corrected chi connectivity index (χ1v) is 6.53. The molecule has 6 heteroatoms. The van der Waals surface area contributed by atoms with E-state index >= 15 is 0 Å². The highest BCUT2D eigenvalue weighted by Crippen LogP contribution is 2.34. The predicted molar refractivity (Wildman–Crippen MR) is 79.7 cm³/mol. The fraction of sp³-hybridized carbons (Fsp3) is 0.231. The maximum atomic E-state index is 11.0. The van der Waals surface area contributed by atoms with E-state index < -0.39 is 5.91 Å². The zero-order chi connectivity index (χ0) is 14.4. The molecule has 1 aromatic carbocycles. The number of nitrogens with zero attached hydrogens (tertiary/aromatic N) is 1. The summed E-state index contributed by atoms with van der Waals surface area (Å²) in [7, 11) is 1.53. The minimum absolute atomic E-state index is 0.109. The van der Waals surface area contributed by atoms with Crippen LogP contribution in [-0.4, -0.2) is 19.6 Å². The van der Waals surface area contributed by atoms with Crippen LogP contribution in [0.2, 0.25) is 0 Å². The van der Waals surface area contributed by atoms with E-state index in [2.05, 4.69) is 22.6 Å². The molecule has 0 radical (unpaired) electrons. The minimum Gasteiger partial charge on any atom is -0.493 e. The zero-order valence-electron chi connectivity index (χ0n) is 10.6. The number of hydrogen-bond donors (Lipinski definition) is 1. The lowest BCUT2D eigenvalue weighted by Crippen LogP contribution is -2.12. The highest BCUT2D eigenvalue weighted by atomic mass is 127. The molecule has 19 heavy (non-hydrogen) atoms. The number of carbonyl (C=O) groups is 1. The molecular formula is C13H13IN2O3. The van der Waals surface area contributed by atoms with Crippen molar-refractivity contribution in [2.45, 2.75) is 6.92 Å². The van der Waals surface area contributed by atoms with Gasteiger partial charge in [0, 0.05) is 0 Å². The van der Waals surface area contributed by atoms with Crippen molar-refractivity contribution in [3.63, 3.8) is 0 Å². The Morgan fingerprint density at radius 3 is 2.74 bits per heavy atom. The molecule has 1 amide bonds. The molecule has 0 aliphatic heterocycles. The minimum atomic E-state index is -0.759. The third-order valence-corrected chi connectivity index (χ3v) is 3.04. The average Bonchev–Trinajstić information content (AvgIpc) is 2.38. The SMILES string of the molecule is CCOc1c(I)cc(/C=C(\C#N)C(N)=O)cc1OC. The monoisotopic (exact) mass is 372 g/mol. The maximum Gasteiger partial charge on any atom is 0.259 e. The van der Waals surface area contributed by atoms with E-state index in [0.717, 1.165) is 3.57 Å². The van der Waals surface area contributed by atoms with Crippen LogP contribution >= 0.6 is 22.6 Å². The van der Waals surface area contributed by atoms with E-state index in [0.29, 0.717) is 23.7 Å². The number of benzene rings is 1. The van der Waals surface area contributed by atoms with Crippen LogP contribution in [0.5, 0.6) is 11.5 Å². The summed E-state index contributed by atoms with van der Waals surface area (Å²) in [6.07, 6.45) is 1.42. The summed E-state index contributed by atoms with van der Waals surface area (Å²) in [4.78, 5) is 11.0. The Hall–Kier alpha value is -1.75. The summed E-state index contributed by atoms with van der Waals surface area (Å²) in [5.41, 5.74) is 5.64. The van der Waals surface area contributed by atoms with E-state index in [4.69, 9.17) is 20.5 Å². The fourth-order valence-electron chi connectivity index (χ4n) is 1.43. The summed E-state index contributed by atoms with van der Waals surface area (Å²) in [6.45, 7) is 2.40.